The Labute approximate surface area is 170 Å². The van der Waals surface area contributed by atoms with E-state index in [2.05, 4.69) is 88.7 Å². The molecular weight excluding hydrogens is 400 g/mol. The molecule has 0 N–H and O–H groups in total. The minimum absolute atomic E-state index is 0.00916. The van der Waals surface area contributed by atoms with Gasteiger partial charge in [0.25, 0.3) is 0 Å². The van der Waals surface area contributed by atoms with Crippen LogP contribution in [0.2, 0.25) is 0 Å². The smallest absolute Gasteiger partial charge is 0.158 e. The molecule has 0 radical (unpaired) electrons. The lowest BCUT2D eigenvalue weighted by Crippen LogP contribution is -2.36. The van der Waals surface area contributed by atoms with E-state index in [0.717, 1.165) is 19.3 Å². The first-order chi connectivity index (χ1) is 13.3. The second-order valence-corrected chi connectivity index (χ2v) is 8.80. The average Bonchev–Trinajstić information content (AvgIpc) is 2.70. The van der Waals surface area contributed by atoms with E-state index in [4.69, 9.17) is 9.47 Å². The van der Waals surface area contributed by atoms with Crippen LogP contribution in [0.3, 0.4) is 0 Å². The Morgan fingerprint density at radius 3 is 2.26 bits per heavy atom. The molecule has 1 aliphatic heterocycles. The standard InChI is InChI=1S/C24H27BrO2/c1-26-23-15-19-13-8-14-22(25)20(19)16-21(17-9-4-2-5-10-17)24(27-23)18-11-6-3-7-12-18/h2-13,19-24H,14-16H2,1H3/t19-,20+,21+,22+,23-,24+/m0/s1. The highest BCUT2D eigenvalue weighted by atomic mass is 79.9. The van der Waals surface area contributed by atoms with E-state index in [0.29, 0.717) is 22.6 Å². The second kappa shape index (κ2) is 8.72. The molecule has 6 atom stereocenters. The maximum atomic E-state index is 6.61. The van der Waals surface area contributed by atoms with Gasteiger partial charge in [0.2, 0.25) is 0 Å². The van der Waals surface area contributed by atoms with Crippen molar-refractivity contribution in [2.24, 2.45) is 11.8 Å². The first kappa shape index (κ1) is 18.9. The lowest BCUT2D eigenvalue weighted by molar-refractivity contribution is -0.181. The SMILES string of the molecule is CO[C@@H]1C[C@@H]2C=CC[C@@H](Br)[C@@H]2C[C@H](c2ccccc2)[C@@H](c2ccccc2)O1. The van der Waals surface area contributed by atoms with Gasteiger partial charge in [0.15, 0.2) is 6.29 Å². The summed E-state index contributed by atoms with van der Waals surface area (Å²) in [6.45, 7) is 0. The van der Waals surface area contributed by atoms with Gasteiger partial charge in [0, 0.05) is 24.3 Å². The molecule has 2 aromatic rings. The van der Waals surface area contributed by atoms with Crippen molar-refractivity contribution in [1.29, 1.82) is 0 Å². The van der Waals surface area contributed by atoms with Gasteiger partial charge in [-0.15, -0.1) is 0 Å². The monoisotopic (exact) mass is 426 g/mol. The molecule has 1 saturated heterocycles. The van der Waals surface area contributed by atoms with E-state index < -0.39 is 0 Å². The van der Waals surface area contributed by atoms with Crippen LogP contribution in [0.25, 0.3) is 0 Å². The van der Waals surface area contributed by atoms with Crippen LogP contribution in [0, 0.1) is 11.8 Å². The van der Waals surface area contributed by atoms with E-state index in [9.17, 15) is 0 Å². The number of ether oxygens (including phenoxy) is 2. The van der Waals surface area contributed by atoms with Crippen molar-refractivity contribution in [3.8, 4) is 0 Å². The van der Waals surface area contributed by atoms with Crippen LogP contribution in [-0.4, -0.2) is 18.2 Å². The van der Waals surface area contributed by atoms with Gasteiger partial charge in [-0.2, -0.15) is 0 Å². The Bertz CT molecular complexity index is 745. The first-order valence-corrected chi connectivity index (χ1v) is 10.8. The van der Waals surface area contributed by atoms with Gasteiger partial charge < -0.3 is 9.47 Å². The molecule has 2 aliphatic rings. The third-order valence-corrected chi connectivity index (χ3v) is 7.09. The first-order valence-electron chi connectivity index (χ1n) is 9.85. The molecule has 1 fully saturated rings. The largest absolute Gasteiger partial charge is 0.356 e. The molecule has 4 rings (SSSR count). The molecule has 0 saturated carbocycles. The summed E-state index contributed by atoms with van der Waals surface area (Å²) in [5.74, 6) is 1.36. The van der Waals surface area contributed by atoms with Crippen LogP contribution in [0.5, 0.6) is 0 Å². The van der Waals surface area contributed by atoms with E-state index in [-0.39, 0.29) is 12.4 Å². The van der Waals surface area contributed by atoms with Crippen LogP contribution in [0.1, 0.15) is 42.4 Å². The minimum atomic E-state index is -0.198. The quantitative estimate of drug-likeness (QED) is 0.426. The third kappa shape index (κ3) is 4.21. The Balaban J connectivity index is 1.76. The van der Waals surface area contributed by atoms with Crippen LogP contribution < -0.4 is 0 Å². The molecule has 0 bridgehead atoms. The number of alkyl halides is 1. The maximum Gasteiger partial charge on any atom is 0.158 e. The number of methoxy groups -OCH3 is 1. The van der Waals surface area contributed by atoms with Crippen LogP contribution in [0.15, 0.2) is 72.8 Å². The van der Waals surface area contributed by atoms with Crippen LogP contribution in [-0.2, 0) is 9.47 Å². The molecule has 3 heteroatoms. The van der Waals surface area contributed by atoms with E-state index in [1.54, 1.807) is 7.11 Å². The van der Waals surface area contributed by atoms with Crippen molar-refractivity contribution in [1.82, 2.24) is 0 Å². The fourth-order valence-electron chi connectivity index (χ4n) is 4.61. The average molecular weight is 427 g/mol. The lowest BCUT2D eigenvalue weighted by Gasteiger charge is -2.42. The van der Waals surface area contributed by atoms with Crippen LogP contribution >= 0.6 is 15.9 Å². The molecular formula is C24H27BrO2. The predicted octanol–water partition coefficient (Wildman–Crippen LogP) is 6.25. The Kier molecular flexibility index (Phi) is 6.11. The lowest BCUT2D eigenvalue weighted by atomic mass is 9.72. The predicted molar refractivity (Wildman–Crippen MR) is 113 cm³/mol. The molecule has 27 heavy (non-hydrogen) atoms. The van der Waals surface area contributed by atoms with Crippen molar-refractivity contribution in [2.75, 3.05) is 7.11 Å². The Morgan fingerprint density at radius 1 is 0.926 bits per heavy atom. The highest BCUT2D eigenvalue weighted by Crippen LogP contribution is 2.48. The number of hydrogen-bond acceptors (Lipinski definition) is 2. The highest BCUT2D eigenvalue weighted by molar-refractivity contribution is 9.09. The maximum absolute atomic E-state index is 6.61. The molecule has 1 heterocycles. The molecule has 0 spiro atoms. The fourth-order valence-corrected chi connectivity index (χ4v) is 5.44. The van der Waals surface area contributed by atoms with E-state index in [1.807, 2.05) is 0 Å². The van der Waals surface area contributed by atoms with E-state index >= 15 is 0 Å². The summed E-state index contributed by atoms with van der Waals surface area (Å²) in [6.07, 6.45) is 7.58. The third-order valence-electron chi connectivity index (χ3n) is 6.03. The molecule has 0 unspecified atom stereocenters. The molecule has 2 nitrogen and oxygen atoms in total. The number of allylic oxidation sites excluding steroid dienone is 2. The van der Waals surface area contributed by atoms with Gasteiger partial charge >= 0.3 is 0 Å². The normalized spacial score (nSPS) is 33.7. The zero-order valence-electron chi connectivity index (χ0n) is 15.7. The highest BCUT2D eigenvalue weighted by Gasteiger charge is 2.39. The topological polar surface area (TPSA) is 18.5 Å². The summed E-state index contributed by atoms with van der Waals surface area (Å²) >= 11 is 3.98. The van der Waals surface area contributed by atoms with Crippen molar-refractivity contribution in [3.05, 3.63) is 83.9 Å². The van der Waals surface area contributed by atoms with Crippen molar-refractivity contribution < 1.29 is 9.47 Å². The van der Waals surface area contributed by atoms with Gasteiger partial charge in [-0.25, -0.2) is 0 Å². The zero-order chi connectivity index (χ0) is 18.6. The number of benzene rings is 2. The van der Waals surface area contributed by atoms with Gasteiger partial charge in [0.05, 0.1) is 6.10 Å². The Morgan fingerprint density at radius 2 is 1.59 bits per heavy atom. The summed E-state index contributed by atoms with van der Waals surface area (Å²) in [5.41, 5.74) is 2.57. The number of fused-ring (bicyclic) bond motifs is 1. The molecule has 142 valence electrons. The summed E-state index contributed by atoms with van der Waals surface area (Å²) in [7, 11) is 1.76. The van der Waals surface area contributed by atoms with Crippen molar-refractivity contribution >= 4 is 15.9 Å². The summed E-state index contributed by atoms with van der Waals surface area (Å²) in [4.78, 5) is 0.505. The summed E-state index contributed by atoms with van der Waals surface area (Å²) in [5, 5.41) is 0. The van der Waals surface area contributed by atoms with Gasteiger partial charge in [0.1, 0.15) is 0 Å². The second-order valence-electron chi connectivity index (χ2n) is 7.63. The molecule has 2 aromatic carbocycles. The zero-order valence-corrected chi connectivity index (χ0v) is 17.3. The van der Waals surface area contributed by atoms with Gasteiger partial charge in [-0.3, -0.25) is 0 Å². The van der Waals surface area contributed by atoms with Crippen molar-refractivity contribution in [2.45, 2.75) is 42.4 Å². The number of hydrogen-bond donors (Lipinski definition) is 0. The number of rotatable bonds is 3. The fraction of sp³-hybridized carbons (Fsp3) is 0.417. The van der Waals surface area contributed by atoms with Crippen LogP contribution in [0.4, 0.5) is 0 Å². The van der Waals surface area contributed by atoms with Gasteiger partial charge in [-0.1, -0.05) is 88.7 Å². The van der Waals surface area contributed by atoms with Gasteiger partial charge in [-0.05, 0) is 35.8 Å². The minimum Gasteiger partial charge on any atom is -0.356 e. The molecule has 0 aromatic heterocycles. The number of halogens is 1. The summed E-state index contributed by atoms with van der Waals surface area (Å²) in [6, 6.07) is 21.5. The van der Waals surface area contributed by atoms with E-state index in [1.165, 1.54) is 11.1 Å². The molecule has 0 amide bonds. The Hall–Kier alpha value is -1.42. The van der Waals surface area contributed by atoms with Crippen molar-refractivity contribution in [3.63, 3.8) is 0 Å². The molecule has 1 aliphatic carbocycles. The summed E-state index contributed by atoms with van der Waals surface area (Å²) < 4.78 is 12.4.